The van der Waals surface area contributed by atoms with E-state index in [1.54, 1.807) is 11.3 Å². The normalized spacial score (nSPS) is 18.2. The Morgan fingerprint density at radius 3 is 2.37 bits per heavy atom. The van der Waals surface area contributed by atoms with Crippen LogP contribution in [0, 0.1) is 11.8 Å². The number of nitrogens with zero attached hydrogens (tertiary/aromatic N) is 4. The summed E-state index contributed by atoms with van der Waals surface area (Å²) < 4.78 is 2.37. The van der Waals surface area contributed by atoms with Crippen LogP contribution in [0.25, 0.3) is 11.0 Å². The van der Waals surface area contributed by atoms with Gasteiger partial charge in [-0.3, -0.25) is 9.59 Å². The Bertz CT molecular complexity index is 1350. The van der Waals surface area contributed by atoms with E-state index in [4.69, 9.17) is 4.98 Å². The summed E-state index contributed by atoms with van der Waals surface area (Å²) in [6.07, 6.45) is 8.05. The smallest absolute Gasteiger partial charge is 0.252 e. The van der Waals surface area contributed by atoms with Crippen molar-refractivity contribution in [3.8, 4) is 0 Å². The van der Waals surface area contributed by atoms with Gasteiger partial charge in [0.1, 0.15) is 11.9 Å². The maximum absolute atomic E-state index is 13.8. The molecular weight excluding hydrogens is 554 g/mol. The predicted octanol–water partition coefficient (Wildman–Crippen LogP) is 6.92. The van der Waals surface area contributed by atoms with Crippen LogP contribution >= 0.6 is 11.3 Å². The number of carbonyl (C=O) groups is 2. The van der Waals surface area contributed by atoms with Crippen LogP contribution in [0.3, 0.4) is 0 Å². The van der Waals surface area contributed by atoms with E-state index in [1.165, 1.54) is 30.8 Å². The lowest BCUT2D eigenvalue weighted by atomic mass is 9.94. The lowest BCUT2D eigenvalue weighted by Crippen LogP contribution is -2.54. The molecule has 2 amide bonds. The molecule has 2 aliphatic rings. The van der Waals surface area contributed by atoms with Crippen molar-refractivity contribution in [3.05, 3.63) is 52.0 Å². The number of piperidine rings is 2. The van der Waals surface area contributed by atoms with E-state index in [0.29, 0.717) is 30.0 Å². The molecule has 1 aromatic carbocycles. The lowest BCUT2D eigenvalue weighted by molar-refractivity contribution is -0.135. The molecule has 0 bridgehead atoms. The van der Waals surface area contributed by atoms with Crippen LogP contribution < -0.4 is 5.32 Å². The summed E-state index contributed by atoms with van der Waals surface area (Å²) in [5.41, 5.74) is 2.47. The van der Waals surface area contributed by atoms with Gasteiger partial charge in [0.15, 0.2) is 0 Å². The van der Waals surface area contributed by atoms with Gasteiger partial charge in [-0.1, -0.05) is 40.7 Å². The van der Waals surface area contributed by atoms with Crippen molar-refractivity contribution in [1.82, 2.24) is 24.7 Å². The van der Waals surface area contributed by atoms with Gasteiger partial charge in [0.2, 0.25) is 5.91 Å². The highest BCUT2D eigenvalue weighted by molar-refractivity contribution is 7.09. The third-order valence-electron chi connectivity index (χ3n) is 9.67. The number of rotatable bonds is 11. The van der Waals surface area contributed by atoms with Gasteiger partial charge in [-0.15, -0.1) is 11.3 Å². The molecule has 234 valence electrons. The van der Waals surface area contributed by atoms with Crippen LogP contribution in [-0.4, -0.2) is 69.4 Å². The molecule has 7 nitrogen and oxygen atoms in total. The number of nitrogens with one attached hydrogen (secondary N) is 1. The molecule has 0 unspecified atom stereocenters. The molecule has 2 aromatic heterocycles. The molecular formula is C35H51N5O2S. The van der Waals surface area contributed by atoms with Crippen molar-refractivity contribution in [2.45, 2.75) is 104 Å². The van der Waals surface area contributed by atoms with E-state index in [9.17, 15) is 9.59 Å². The number of amides is 2. The molecule has 2 aliphatic heterocycles. The van der Waals surface area contributed by atoms with E-state index in [0.717, 1.165) is 68.0 Å². The first-order chi connectivity index (χ1) is 20.8. The van der Waals surface area contributed by atoms with Gasteiger partial charge < -0.3 is 19.7 Å². The summed E-state index contributed by atoms with van der Waals surface area (Å²) >= 11 is 1.75. The number of imidazole rings is 1. The second-order valence-electron chi connectivity index (χ2n) is 13.3. The lowest BCUT2D eigenvalue weighted by Gasteiger charge is -2.42. The van der Waals surface area contributed by atoms with E-state index in [2.05, 4.69) is 66.9 Å². The van der Waals surface area contributed by atoms with Gasteiger partial charge in [0, 0.05) is 42.0 Å². The number of benzene rings is 1. The molecule has 4 heterocycles. The van der Waals surface area contributed by atoms with Crippen molar-refractivity contribution in [3.63, 3.8) is 0 Å². The Kier molecular flexibility index (Phi) is 10.6. The third kappa shape index (κ3) is 7.51. The zero-order valence-electron chi connectivity index (χ0n) is 26.8. The van der Waals surface area contributed by atoms with Gasteiger partial charge >= 0.3 is 0 Å². The number of hydrogen-bond acceptors (Lipinski definition) is 5. The predicted molar refractivity (Wildman–Crippen MR) is 177 cm³/mol. The van der Waals surface area contributed by atoms with E-state index in [1.807, 2.05) is 23.1 Å². The zero-order valence-corrected chi connectivity index (χ0v) is 27.7. The van der Waals surface area contributed by atoms with Crippen molar-refractivity contribution >= 4 is 34.2 Å². The van der Waals surface area contributed by atoms with Crippen LogP contribution in [0.15, 0.2) is 35.7 Å². The minimum atomic E-state index is -0.521. The average Bonchev–Trinajstić information content (AvgIpc) is 3.65. The van der Waals surface area contributed by atoms with Crippen molar-refractivity contribution in [1.29, 1.82) is 0 Å². The highest BCUT2D eigenvalue weighted by Gasteiger charge is 2.33. The Morgan fingerprint density at radius 2 is 1.74 bits per heavy atom. The Labute approximate surface area is 262 Å². The third-order valence-corrected chi connectivity index (χ3v) is 10.5. The maximum Gasteiger partial charge on any atom is 0.252 e. The Balaban J connectivity index is 1.29. The molecule has 0 spiro atoms. The van der Waals surface area contributed by atoms with Gasteiger partial charge in [-0.25, -0.2) is 4.98 Å². The minimum Gasteiger partial charge on any atom is -0.341 e. The fourth-order valence-electron chi connectivity index (χ4n) is 7.04. The molecule has 0 saturated carbocycles. The standard InChI is InChI=1S/C35H51N5O2S/c1-6-27(7-2)40-32-11-10-26(22-30(32)36-33(40)23-29-9-8-20-43-29)34(41)37-31(21-24(3)4)35(42)39-18-14-28(15-19-39)38-16-12-25(5)13-17-38/h8-11,20,22,24-25,27-28,31H,6-7,12-19,21,23H2,1-5H3,(H,37,41)/t31-/m0/s1. The number of carbonyl (C=O) groups excluding carboxylic acids is 2. The van der Waals surface area contributed by atoms with Gasteiger partial charge in [-0.05, 0) is 99.5 Å². The number of hydrogen-bond donors (Lipinski definition) is 1. The fourth-order valence-corrected chi connectivity index (χ4v) is 7.75. The zero-order chi connectivity index (χ0) is 30.5. The van der Waals surface area contributed by atoms with Crippen LogP contribution in [0.5, 0.6) is 0 Å². The fraction of sp³-hybridized carbons (Fsp3) is 0.629. The second-order valence-corrected chi connectivity index (χ2v) is 14.3. The van der Waals surface area contributed by atoms with Crippen LogP contribution in [0.4, 0.5) is 0 Å². The minimum absolute atomic E-state index is 0.0603. The first-order valence-corrected chi connectivity index (χ1v) is 17.5. The summed E-state index contributed by atoms with van der Waals surface area (Å²) in [7, 11) is 0. The Hall–Kier alpha value is -2.71. The van der Waals surface area contributed by atoms with Crippen LogP contribution in [0.1, 0.15) is 107 Å². The average molecular weight is 606 g/mol. The molecule has 43 heavy (non-hydrogen) atoms. The molecule has 0 radical (unpaired) electrons. The molecule has 1 atom stereocenters. The second kappa shape index (κ2) is 14.4. The van der Waals surface area contributed by atoms with Crippen molar-refractivity contribution < 1.29 is 9.59 Å². The molecule has 1 N–H and O–H groups in total. The van der Waals surface area contributed by atoms with E-state index in [-0.39, 0.29) is 11.8 Å². The van der Waals surface area contributed by atoms with Gasteiger partial charge in [0.05, 0.1) is 11.0 Å². The summed E-state index contributed by atoms with van der Waals surface area (Å²) in [6, 6.07) is 10.5. The molecule has 5 rings (SSSR count). The van der Waals surface area contributed by atoms with Gasteiger partial charge in [0.25, 0.3) is 5.91 Å². The maximum atomic E-state index is 13.8. The summed E-state index contributed by atoms with van der Waals surface area (Å²) in [6.45, 7) is 14.9. The summed E-state index contributed by atoms with van der Waals surface area (Å²) in [5, 5.41) is 5.24. The largest absolute Gasteiger partial charge is 0.341 e. The number of thiophene rings is 1. The highest BCUT2D eigenvalue weighted by Crippen LogP contribution is 2.29. The highest BCUT2D eigenvalue weighted by atomic mass is 32.1. The molecule has 8 heteroatoms. The first-order valence-electron chi connectivity index (χ1n) is 16.6. The molecule has 2 fully saturated rings. The topological polar surface area (TPSA) is 70.5 Å². The first kappa shape index (κ1) is 31.7. The van der Waals surface area contributed by atoms with Gasteiger partial charge in [-0.2, -0.15) is 0 Å². The monoisotopic (exact) mass is 605 g/mol. The number of aromatic nitrogens is 2. The molecule has 0 aliphatic carbocycles. The SMILES string of the molecule is CCC(CC)n1c(Cc2cccs2)nc2cc(C(=O)N[C@@H](CC(C)C)C(=O)N3CCC(N4CCC(C)CC4)CC3)ccc21. The number of likely N-dealkylation sites (tertiary alicyclic amines) is 2. The van der Waals surface area contributed by atoms with E-state index >= 15 is 0 Å². The van der Waals surface area contributed by atoms with E-state index < -0.39 is 6.04 Å². The quantitative estimate of drug-likeness (QED) is 0.258. The summed E-state index contributed by atoms with van der Waals surface area (Å²) in [4.78, 5) is 38.3. The molecule has 3 aromatic rings. The molecule has 2 saturated heterocycles. The number of fused-ring (bicyclic) bond motifs is 1. The summed E-state index contributed by atoms with van der Waals surface area (Å²) in [5.74, 6) is 2.02. The van der Waals surface area contributed by atoms with Crippen molar-refractivity contribution in [2.75, 3.05) is 26.2 Å². The van der Waals surface area contributed by atoms with Crippen molar-refractivity contribution in [2.24, 2.45) is 11.8 Å². The van der Waals surface area contributed by atoms with Crippen LogP contribution in [-0.2, 0) is 11.2 Å². The Morgan fingerprint density at radius 1 is 1.02 bits per heavy atom. The van der Waals surface area contributed by atoms with Crippen LogP contribution in [0.2, 0.25) is 0 Å².